The van der Waals surface area contributed by atoms with Gasteiger partial charge in [0.2, 0.25) is 5.92 Å². The molecule has 2 aliphatic rings. The second kappa shape index (κ2) is 7.97. The minimum atomic E-state index is -4.77. The van der Waals surface area contributed by atoms with Crippen molar-refractivity contribution in [3.63, 3.8) is 0 Å². The van der Waals surface area contributed by atoms with Crippen LogP contribution in [0.3, 0.4) is 0 Å². The molecule has 1 N–H and O–H groups in total. The van der Waals surface area contributed by atoms with E-state index < -0.39 is 29.1 Å². The van der Waals surface area contributed by atoms with Crippen LogP contribution in [0.1, 0.15) is 60.3 Å². The zero-order valence-electron chi connectivity index (χ0n) is 16.9. The van der Waals surface area contributed by atoms with E-state index in [1.54, 1.807) is 0 Å². The van der Waals surface area contributed by atoms with Crippen molar-refractivity contribution < 1.29 is 31.5 Å². The van der Waals surface area contributed by atoms with Crippen LogP contribution in [0.15, 0.2) is 12.1 Å². The van der Waals surface area contributed by atoms with Gasteiger partial charge in [-0.15, -0.1) is 0 Å². The van der Waals surface area contributed by atoms with Crippen LogP contribution >= 0.6 is 11.6 Å². The van der Waals surface area contributed by atoms with Gasteiger partial charge in [0, 0.05) is 30.4 Å². The third kappa shape index (κ3) is 4.60. The number of rotatable bonds is 6. The van der Waals surface area contributed by atoms with Gasteiger partial charge in [-0.05, 0) is 50.2 Å². The van der Waals surface area contributed by atoms with Gasteiger partial charge in [-0.2, -0.15) is 13.2 Å². The Hall–Kier alpha value is -2.23. The number of alkyl halides is 5. The van der Waals surface area contributed by atoms with Crippen LogP contribution in [0.2, 0.25) is 5.15 Å². The first-order valence-corrected chi connectivity index (χ1v) is 10.7. The highest BCUT2D eigenvalue weighted by atomic mass is 35.5. The number of nitrogens with zero attached hydrogens (tertiary/aromatic N) is 2. The normalized spacial score (nSPS) is 20.3. The van der Waals surface area contributed by atoms with Crippen molar-refractivity contribution in [2.24, 2.45) is 11.3 Å². The summed E-state index contributed by atoms with van der Waals surface area (Å²) in [6, 6.07) is 2.44. The summed E-state index contributed by atoms with van der Waals surface area (Å²) in [5.74, 6) is -3.71. The van der Waals surface area contributed by atoms with Crippen molar-refractivity contribution in [2.45, 2.75) is 57.0 Å². The van der Waals surface area contributed by atoms with Crippen molar-refractivity contribution in [2.75, 3.05) is 6.54 Å². The topological polar surface area (TPSA) is 63.5 Å². The third-order valence-electron chi connectivity index (χ3n) is 6.36. The minimum Gasteiger partial charge on any atom is -0.351 e. The molecule has 0 aromatic carbocycles. The molecule has 2 aromatic heterocycles. The molecule has 4 rings (SSSR count). The number of aldehydes is 1. The number of hydrogen-bond donors (Lipinski definition) is 1. The Labute approximate surface area is 185 Å². The standard InChI is InChI=1S/C21H21ClF5N3O2/c22-15-8-13(18(32)28-10-19(11-31)5-6-19)9-16-29-17(21(25,26)27)14(30(15)16)7-12-1-3-20(23,24)4-2-12/h8-9,11-12H,1-7,10H2,(H,28,32). The molecule has 0 saturated heterocycles. The van der Waals surface area contributed by atoms with Gasteiger partial charge in [-0.3, -0.25) is 9.20 Å². The van der Waals surface area contributed by atoms with Gasteiger partial charge < -0.3 is 10.1 Å². The summed E-state index contributed by atoms with van der Waals surface area (Å²) in [6.07, 6.45) is -3.26. The van der Waals surface area contributed by atoms with Crippen molar-refractivity contribution in [1.82, 2.24) is 14.7 Å². The number of pyridine rings is 1. The predicted molar refractivity (Wildman–Crippen MR) is 106 cm³/mol. The van der Waals surface area contributed by atoms with E-state index in [2.05, 4.69) is 10.3 Å². The van der Waals surface area contributed by atoms with Crippen molar-refractivity contribution in [3.05, 3.63) is 34.2 Å². The van der Waals surface area contributed by atoms with Gasteiger partial charge in [0.25, 0.3) is 5.91 Å². The lowest BCUT2D eigenvalue weighted by molar-refractivity contribution is -0.141. The first kappa shape index (κ1) is 22.9. The Kier molecular flexibility index (Phi) is 5.71. The molecule has 2 saturated carbocycles. The van der Waals surface area contributed by atoms with Gasteiger partial charge in [0.15, 0.2) is 5.69 Å². The van der Waals surface area contributed by atoms with Crippen LogP contribution in [0.4, 0.5) is 22.0 Å². The van der Waals surface area contributed by atoms with Crippen LogP contribution < -0.4 is 5.32 Å². The van der Waals surface area contributed by atoms with Crippen LogP contribution in [-0.2, 0) is 17.4 Å². The first-order valence-electron chi connectivity index (χ1n) is 10.3. The maximum absolute atomic E-state index is 13.7. The average molecular weight is 478 g/mol. The number of fused-ring (bicyclic) bond motifs is 1. The molecule has 0 radical (unpaired) electrons. The van der Waals surface area contributed by atoms with E-state index >= 15 is 0 Å². The van der Waals surface area contributed by atoms with Gasteiger partial charge in [0.05, 0.1) is 5.69 Å². The molecule has 32 heavy (non-hydrogen) atoms. The molecule has 5 nitrogen and oxygen atoms in total. The van der Waals surface area contributed by atoms with E-state index in [4.69, 9.17) is 11.6 Å². The summed E-state index contributed by atoms with van der Waals surface area (Å²) in [6.45, 7) is 0.137. The molecule has 1 amide bonds. The Morgan fingerprint density at radius 2 is 1.88 bits per heavy atom. The predicted octanol–water partition coefficient (Wildman–Crippen LogP) is 5.08. The molecule has 2 aromatic rings. The maximum Gasteiger partial charge on any atom is 0.435 e. The largest absolute Gasteiger partial charge is 0.435 e. The zero-order valence-corrected chi connectivity index (χ0v) is 17.7. The first-order chi connectivity index (χ1) is 14.9. The summed E-state index contributed by atoms with van der Waals surface area (Å²) in [4.78, 5) is 27.2. The summed E-state index contributed by atoms with van der Waals surface area (Å²) in [7, 11) is 0. The summed E-state index contributed by atoms with van der Waals surface area (Å²) in [5.41, 5.74) is -2.02. The summed E-state index contributed by atoms with van der Waals surface area (Å²) in [5, 5.41) is 2.47. The van der Waals surface area contributed by atoms with E-state index in [0.717, 1.165) is 10.7 Å². The fourth-order valence-electron chi connectivity index (χ4n) is 4.16. The lowest BCUT2D eigenvalue weighted by Crippen LogP contribution is -2.31. The second-order valence-corrected chi connectivity index (χ2v) is 9.22. The summed E-state index contributed by atoms with van der Waals surface area (Å²) >= 11 is 6.27. The highest BCUT2D eigenvalue weighted by Gasteiger charge is 2.43. The van der Waals surface area contributed by atoms with Gasteiger partial charge in [-0.1, -0.05) is 11.6 Å². The number of imidazole rings is 1. The molecule has 0 spiro atoms. The van der Waals surface area contributed by atoms with Gasteiger partial charge in [-0.25, -0.2) is 13.8 Å². The number of aromatic nitrogens is 2. The molecule has 0 unspecified atom stereocenters. The van der Waals surface area contributed by atoms with E-state index in [0.29, 0.717) is 12.8 Å². The van der Waals surface area contributed by atoms with E-state index in [-0.39, 0.29) is 66.6 Å². The highest BCUT2D eigenvalue weighted by molar-refractivity contribution is 6.30. The molecule has 0 bridgehead atoms. The van der Waals surface area contributed by atoms with Crippen molar-refractivity contribution in [1.29, 1.82) is 0 Å². The number of hydrogen-bond acceptors (Lipinski definition) is 3. The Bertz CT molecular complexity index is 1050. The summed E-state index contributed by atoms with van der Waals surface area (Å²) < 4.78 is 69.1. The molecule has 11 heteroatoms. The lowest BCUT2D eigenvalue weighted by Gasteiger charge is -2.28. The van der Waals surface area contributed by atoms with E-state index in [9.17, 15) is 31.5 Å². The van der Waals surface area contributed by atoms with Crippen LogP contribution in [0, 0.1) is 11.3 Å². The SMILES string of the molecule is O=CC1(CNC(=O)c2cc(Cl)n3c(CC4CCC(F)(F)CC4)c(C(F)(F)F)nc3c2)CC1. The Morgan fingerprint density at radius 3 is 2.44 bits per heavy atom. The smallest absolute Gasteiger partial charge is 0.351 e. The van der Waals surface area contributed by atoms with Gasteiger partial charge >= 0.3 is 6.18 Å². The van der Waals surface area contributed by atoms with E-state index in [1.807, 2.05) is 0 Å². The second-order valence-electron chi connectivity index (χ2n) is 8.83. The Morgan fingerprint density at radius 1 is 1.22 bits per heavy atom. The molecule has 2 heterocycles. The maximum atomic E-state index is 13.7. The number of halogens is 6. The number of carbonyl (C=O) groups excluding carboxylic acids is 2. The van der Waals surface area contributed by atoms with Crippen molar-refractivity contribution >= 4 is 29.4 Å². The molecule has 2 fully saturated rings. The van der Waals surface area contributed by atoms with Crippen LogP contribution in [0.5, 0.6) is 0 Å². The molecule has 2 aliphatic carbocycles. The monoisotopic (exact) mass is 477 g/mol. The molecule has 0 aliphatic heterocycles. The molecular weight excluding hydrogens is 457 g/mol. The number of nitrogens with one attached hydrogen (secondary N) is 1. The average Bonchev–Trinajstić information content (AvgIpc) is 3.40. The van der Waals surface area contributed by atoms with Crippen LogP contribution in [-0.4, -0.2) is 34.0 Å². The molecule has 0 atom stereocenters. The Balaban J connectivity index is 1.64. The zero-order chi connectivity index (χ0) is 23.3. The quantitative estimate of drug-likeness (QED) is 0.358. The highest BCUT2D eigenvalue weighted by Crippen LogP contribution is 2.43. The number of carbonyl (C=O) groups is 2. The molecular formula is C21H21ClF5N3O2. The third-order valence-corrected chi connectivity index (χ3v) is 6.64. The number of amides is 1. The van der Waals surface area contributed by atoms with Crippen molar-refractivity contribution in [3.8, 4) is 0 Å². The fourth-order valence-corrected chi connectivity index (χ4v) is 4.47. The van der Waals surface area contributed by atoms with Gasteiger partial charge in [0.1, 0.15) is 17.1 Å². The van der Waals surface area contributed by atoms with Crippen LogP contribution in [0.25, 0.3) is 5.65 Å². The fraction of sp³-hybridized carbons (Fsp3) is 0.571. The minimum absolute atomic E-state index is 0.0202. The lowest BCUT2D eigenvalue weighted by atomic mass is 9.83. The molecule has 174 valence electrons. The van der Waals surface area contributed by atoms with E-state index in [1.165, 1.54) is 12.1 Å².